The SMILES string of the molecule is CS(=O)(=O)N1CCC(CNC(=O)C2=NNC(=O)CC2)CC1. The van der Waals surface area contributed by atoms with Gasteiger partial charge in [0, 0.05) is 32.5 Å². The second-order valence-corrected chi connectivity index (χ2v) is 7.39. The van der Waals surface area contributed by atoms with Crippen LogP contribution in [-0.2, 0) is 19.6 Å². The van der Waals surface area contributed by atoms with Crippen LogP contribution in [0, 0.1) is 5.92 Å². The van der Waals surface area contributed by atoms with Gasteiger partial charge in [0.15, 0.2) is 0 Å². The topological polar surface area (TPSA) is 108 Å². The van der Waals surface area contributed by atoms with Crippen molar-refractivity contribution in [3.8, 4) is 0 Å². The third-order valence-electron chi connectivity index (χ3n) is 3.76. The van der Waals surface area contributed by atoms with E-state index in [-0.39, 0.29) is 24.2 Å². The lowest BCUT2D eigenvalue weighted by molar-refractivity contribution is -0.121. The number of rotatable bonds is 4. The first kappa shape index (κ1) is 15.9. The van der Waals surface area contributed by atoms with Crippen molar-refractivity contribution in [3.63, 3.8) is 0 Å². The monoisotopic (exact) mass is 316 g/mol. The molecule has 0 aromatic carbocycles. The van der Waals surface area contributed by atoms with Gasteiger partial charge in [-0.2, -0.15) is 5.10 Å². The highest BCUT2D eigenvalue weighted by atomic mass is 32.2. The molecular weight excluding hydrogens is 296 g/mol. The molecule has 9 heteroatoms. The zero-order chi connectivity index (χ0) is 15.5. The van der Waals surface area contributed by atoms with Gasteiger partial charge < -0.3 is 5.32 Å². The third kappa shape index (κ3) is 4.50. The molecule has 2 N–H and O–H groups in total. The summed E-state index contributed by atoms with van der Waals surface area (Å²) in [6.45, 7) is 1.50. The average molecular weight is 316 g/mol. The highest BCUT2D eigenvalue weighted by Crippen LogP contribution is 2.18. The first-order chi connectivity index (χ1) is 9.86. The van der Waals surface area contributed by atoms with E-state index in [1.165, 1.54) is 10.6 Å². The number of hydrogen-bond acceptors (Lipinski definition) is 5. The number of piperidine rings is 1. The van der Waals surface area contributed by atoms with E-state index < -0.39 is 10.0 Å². The van der Waals surface area contributed by atoms with Gasteiger partial charge in [-0.1, -0.05) is 0 Å². The lowest BCUT2D eigenvalue weighted by atomic mass is 9.98. The third-order valence-corrected chi connectivity index (χ3v) is 5.06. The van der Waals surface area contributed by atoms with Gasteiger partial charge in [0.25, 0.3) is 5.91 Å². The summed E-state index contributed by atoms with van der Waals surface area (Å²) in [4.78, 5) is 22.8. The lowest BCUT2D eigenvalue weighted by Crippen LogP contribution is -2.43. The van der Waals surface area contributed by atoms with Crippen molar-refractivity contribution in [2.24, 2.45) is 11.0 Å². The van der Waals surface area contributed by atoms with Crippen molar-refractivity contribution in [3.05, 3.63) is 0 Å². The lowest BCUT2D eigenvalue weighted by Gasteiger charge is -2.30. The van der Waals surface area contributed by atoms with E-state index in [0.29, 0.717) is 31.8 Å². The highest BCUT2D eigenvalue weighted by molar-refractivity contribution is 7.88. The van der Waals surface area contributed by atoms with Gasteiger partial charge in [-0.05, 0) is 18.8 Å². The summed E-state index contributed by atoms with van der Waals surface area (Å²) in [7, 11) is -3.12. The Bertz CT molecular complexity index is 550. The van der Waals surface area contributed by atoms with Crippen LogP contribution in [-0.4, -0.2) is 56.1 Å². The van der Waals surface area contributed by atoms with Crippen LogP contribution >= 0.6 is 0 Å². The van der Waals surface area contributed by atoms with Crippen LogP contribution in [0.5, 0.6) is 0 Å². The highest BCUT2D eigenvalue weighted by Gasteiger charge is 2.25. The molecule has 1 saturated heterocycles. The average Bonchev–Trinajstić information content (AvgIpc) is 2.45. The molecule has 118 valence electrons. The molecule has 2 aliphatic rings. The van der Waals surface area contributed by atoms with Crippen molar-refractivity contribution < 1.29 is 18.0 Å². The van der Waals surface area contributed by atoms with Crippen molar-refractivity contribution in [1.29, 1.82) is 0 Å². The molecule has 2 aliphatic heterocycles. The van der Waals surface area contributed by atoms with Crippen molar-refractivity contribution >= 4 is 27.5 Å². The Morgan fingerprint density at radius 2 is 2.05 bits per heavy atom. The minimum atomic E-state index is -3.12. The van der Waals surface area contributed by atoms with Gasteiger partial charge in [0.2, 0.25) is 15.9 Å². The molecule has 0 aromatic heterocycles. The van der Waals surface area contributed by atoms with Crippen LogP contribution in [0.3, 0.4) is 0 Å². The maximum absolute atomic E-state index is 11.9. The first-order valence-corrected chi connectivity index (χ1v) is 8.80. The summed E-state index contributed by atoms with van der Waals surface area (Å²) in [5, 5.41) is 6.54. The standard InChI is InChI=1S/C12H20N4O4S/c1-21(19,20)16-6-4-9(5-7-16)8-13-12(18)10-2-3-11(17)15-14-10/h9H,2-8H2,1H3,(H,13,18)(H,15,17). The van der Waals surface area contributed by atoms with Crippen LogP contribution in [0.4, 0.5) is 0 Å². The Balaban J connectivity index is 1.75. The van der Waals surface area contributed by atoms with Crippen LogP contribution in [0.25, 0.3) is 0 Å². The van der Waals surface area contributed by atoms with Crippen LogP contribution in [0.1, 0.15) is 25.7 Å². The summed E-state index contributed by atoms with van der Waals surface area (Å²) in [6, 6.07) is 0. The molecule has 0 aromatic rings. The second kappa shape index (κ2) is 6.52. The first-order valence-electron chi connectivity index (χ1n) is 6.95. The molecule has 2 rings (SSSR count). The fourth-order valence-corrected chi connectivity index (χ4v) is 3.30. The largest absolute Gasteiger partial charge is 0.351 e. The van der Waals surface area contributed by atoms with E-state index in [1.807, 2.05) is 0 Å². The normalized spacial score (nSPS) is 21.6. The summed E-state index contributed by atoms with van der Waals surface area (Å²) >= 11 is 0. The minimum Gasteiger partial charge on any atom is -0.351 e. The van der Waals surface area contributed by atoms with Crippen molar-refractivity contribution in [2.45, 2.75) is 25.7 Å². The Labute approximate surface area is 124 Å². The predicted octanol–water partition coefficient (Wildman–Crippen LogP) is -0.960. The summed E-state index contributed by atoms with van der Waals surface area (Å²) < 4.78 is 24.3. The molecule has 1 fully saturated rings. The van der Waals surface area contributed by atoms with Crippen LogP contribution < -0.4 is 10.7 Å². The van der Waals surface area contributed by atoms with Gasteiger partial charge in [-0.3, -0.25) is 9.59 Å². The second-order valence-electron chi connectivity index (χ2n) is 5.41. The molecule has 0 atom stereocenters. The predicted molar refractivity (Wildman–Crippen MR) is 77.0 cm³/mol. The van der Waals surface area contributed by atoms with Crippen LogP contribution in [0.2, 0.25) is 0 Å². The summed E-state index contributed by atoms with van der Waals surface area (Å²) in [5.41, 5.74) is 2.62. The van der Waals surface area contributed by atoms with Gasteiger partial charge in [-0.25, -0.2) is 18.1 Å². The van der Waals surface area contributed by atoms with E-state index in [0.717, 1.165) is 12.8 Å². The molecule has 0 aliphatic carbocycles. The quantitative estimate of drug-likeness (QED) is 0.696. The number of hydrogen-bond donors (Lipinski definition) is 2. The summed E-state index contributed by atoms with van der Waals surface area (Å²) in [5.74, 6) is -0.175. The fraction of sp³-hybridized carbons (Fsp3) is 0.750. The molecule has 2 heterocycles. The number of nitrogens with zero attached hydrogens (tertiary/aromatic N) is 2. The number of hydrazone groups is 1. The number of amides is 2. The van der Waals surface area contributed by atoms with Crippen LogP contribution in [0.15, 0.2) is 5.10 Å². The van der Waals surface area contributed by atoms with Gasteiger partial charge in [0.1, 0.15) is 5.71 Å². The molecule has 21 heavy (non-hydrogen) atoms. The van der Waals surface area contributed by atoms with Gasteiger partial charge in [0.05, 0.1) is 6.26 Å². The summed E-state index contributed by atoms with van der Waals surface area (Å²) in [6.07, 6.45) is 3.31. The van der Waals surface area contributed by atoms with Gasteiger partial charge in [-0.15, -0.1) is 0 Å². The number of carbonyl (C=O) groups is 2. The van der Waals surface area contributed by atoms with E-state index in [1.54, 1.807) is 0 Å². The molecule has 0 unspecified atom stereocenters. The zero-order valence-corrected chi connectivity index (χ0v) is 12.8. The molecule has 0 spiro atoms. The Kier molecular flexibility index (Phi) is 4.94. The van der Waals surface area contributed by atoms with Crippen molar-refractivity contribution in [2.75, 3.05) is 25.9 Å². The molecule has 0 saturated carbocycles. The Hall–Kier alpha value is -1.48. The Morgan fingerprint density at radius 1 is 1.38 bits per heavy atom. The van der Waals surface area contributed by atoms with Gasteiger partial charge >= 0.3 is 0 Å². The molecule has 0 bridgehead atoms. The maximum atomic E-state index is 11.9. The van der Waals surface area contributed by atoms with E-state index in [4.69, 9.17) is 0 Å². The van der Waals surface area contributed by atoms with E-state index in [9.17, 15) is 18.0 Å². The fourth-order valence-electron chi connectivity index (χ4n) is 2.42. The number of nitrogens with one attached hydrogen (secondary N) is 2. The number of sulfonamides is 1. The molecular formula is C12H20N4O4S. The Morgan fingerprint density at radius 3 is 2.57 bits per heavy atom. The molecule has 2 amide bonds. The molecule has 8 nitrogen and oxygen atoms in total. The van der Waals surface area contributed by atoms with E-state index >= 15 is 0 Å². The number of carbonyl (C=O) groups excluding carboxylic acids is 2. The maximum Gasteiger partial charge on any atom is 0.267 e. The van der Waals surface area contributed by atoms with Crippen molar-refractivity contribution in [1.82, 2.24) is 15.0 Å². The minimum absolute atomic E-state index is 0.181. The smallest absolute Gasteiger partial charge is 0.267 e. The molecule has 0 radical (unpaired) electrons. The van der Waals surface area contributed by atoms with E-state index in [2.05, 4.69) is 15.8 Å². The zero-order valence-electron chi connectivity index (χ0n) is 12.0.